The van der Waals surface area contributed by atoms with Gasteiger partial charge < -0.3 is 0 Å². The van der Waals surface area contributed by atoms with E-state index in [0.717, 1.165) is 5.82 Å². The zero-order chi connectivity index (χ0) is 15.5. The van der Waals surface area contributed by atoms with E-state index in [1.807, 2.05) is 6.07 Å². The maximum atomic E-state index is 8.49. The summed E-state index contributed by atoms with van der Waals surface area (Å²) in [4.78, 5) is 0. The van der Waals surface area contributed by atoms with Gasteiger partial charge in [0.25, 0.3) is 0 Å². The van der Waals surface area contributed by atoms with E-state index in [9.17, 15) is 0 Å². The summed E-state index contributed by atoms with van der Waals surface area (Å²) in [6, 6.07) is 4.18. The number of rotatable bonds is 1. The monoisotopic (exact) mass is 301 g/mol. The summed E-state index contributed by atoms with van der Waals surface area (Å²) in [5.74, 6) is 1.02. The van der Waals surface area contributed by atoms with Gasteiger partial charge in [0.2, 0.25) is 0 Å². The van der Waals surface area contributed by atoms with Crippen molar-refractivity contribution in [3.8, 4) is 5.82 Å². The molecule has 0 aliphatic carbocycles. The van der Waals surface area contributed by atoms with Gasteiger partial charge in [0, 0.05) is 0 Å². The highest BCUT2D eigenvalue weighted by Crippen LogP contribution is 2.11. The molecule has 2 heterocycles. The molecule has 0 bridgehead atoms. The highest BCUT2D eigenvalue weighted by molar-refractivity contribution is 5.27. The van der Waals surface area contributed by atoms with Crippen LogP contribution in [0.4, 0.5) is 0 Å². The number of nitrogens with one attached hydrogen (secondary N) is 1. The first kappa shape index (κ1) is 16.5. The normalized spacial score (nSPS) is 11.0. The Morgan fingerprint density at radius 1 is 1.10 bits per heavy atom. The Hall–Kier alpha value is -1.51. The molecule has 110 valence electrons. The first-order chi connectivity index (χ1) is 9.11. The van der Waals surface area contributed by atoms with E-state index < -0.39 is 10.2 Å². The number of hydrogen-bond acceptors (Lipinski definition) is 5. The van der Waals surface area contributed by atoms with Gasteiger partial charge in [-0.3, -0.25) is 0 Å². The van der Waals surface area contributed by atoms with Crippen LogP contribution in [0.3, 0.4) is 0 Å². The van der Waals surface area contributed by atoms with Gasteiger partial charge >= 0.3 is 5.82 Å². The molecule has 1 N–H and O–H groups in total. The summed E-state index contributed by atoms with van der Waals surface area (Å²) in [5.41, 5.74) is 5.15. The van der Waals surface area contributed by atoms with Gasteiger partial charge in [-0.25, -0.2) is 18.6 Å². The lowest BCUT2D eigenvalue weighted by atomic mass is 10.1. The van der Waals surface area contributed by atoms with Crippen LogP contribution in [0.2, 0.25) is 0 Å². The van der Waals surface area contributed by atoms with Crippen LogP contribution in [0.1, 0.15) is 22.5 Å². The molecule has 2 rings (SSSR count). The maximum Gasteiger partial charge on any atom is 0.306 e. The number of aryl methyl sites for hydroxylation is 2. The minimum absolute atomic E-state index is 1.02. The molecule has 2 aromatic heterocycles. The number of nitrogens with zero attached hydrogens (tertiary/aromatic N) is 2. The predicted octanol–water partition coefficient (Wildman–Crippen LogP) is -2.84. The second-order valence-electron chi connectivity index (χ2n) is 4.33. The first-order valence-electron chi connectivity index (χ1n) is 5.72. The van der Waals surface area contributed by atoms with Crippen molar-refractivity contribution in [2.75, 3.05) is 0 Å². The molecule has 0 amide bonds. The van der Waals surface area contributed by atoms with Crippen molar-refractivity contribution in [2.24, 2.45) is 0 Å². The van der Waals surface area contributed by atoms with Crippen LogP contribution in [0.15, 0.2) is 18.3 Å². The molecule has 0 aromatic carbocycles. The van der Waals surface area contributed by atoms with Crippen LogP contribution in [0.25, 0.3) is 5.82 Å². The maximum absolute atomic E-state index is 8.49. The number of aromatic amines is 1. The fourth-order valence-corrected chi connectivity index (χ4v) is 1.95. The molecule has 0 saturated heterocycles. The number of aromatic nitrogens is 3. The Bertz CT molecular complexity index is 573. The topological polar surface area (TPSA) is 125 Å². The van der Waals surface area contributed by atoms with Crippen LogP contribution in [0, 0.1) is 37.9 Å². The summed E-state index contributed by atoms with van der Waals surface area (Å²) in [6.07, 6.45) is 1.77. The van der Waals surface area contributed by atoms with E-state index in [0.29, 0.717) is 0 Å². The Morgan fingerprint density at radius 2 is 1.65 bits per heavy atom. The third-order valence-corrected chi connectivity index (χ3v) is 2.97. The fraction of sp³-hybridized carbons (Fsp3) is 0.333. The van der Waals surface area contributed by atoms with E-state index in [1.165, 1.54) is 22.5 Å². The standard InChI is InChI=1S/C12H16N3.ClHO4/c1-8-7-9(2)15(11(4)10(8)3)12-5-6-13-14-12;2-1(3,4)5/h5-7H,1-4H3,(H,13,14);(H,2,3,4,5)/q+1;/p-1. The van der Waals surface area contributed by atoms with Gasteiger partial charge in [0.15, 0.2) is 0 Å². The Morgan fingerprint density at radius 3 is 2.10 bits per heavy atom. The van der Waals surface area contributed by atoms with Gasteiger partial charge in [-0.2, -0.15) is 4.57 Å². The number of halogens is 1. The van der Waals surface area contributed by atoms with Crippen molar-refractivity contribution < 1.29 is 33.4 Å². The highest BCUT2D eigenvalue weighted by Gasteiger charge is 2.15. The largest absolute Gasteiger partial charge is 0.306 e. The summed E-state index contributed by atoms with van der Waals surface area (Å²) in [6.45, 7) is 8.54. The Labute approximate surface area is 118 Å². The van der Waals surface area contributed by atoms with Crippen molar-refractivity contribution in [3.05, 3.63) is 40.8 Å². The van der Waals surface area contributed by atoms with Crippen molar-refractivity contribution in [1.29, 1.82) is 0 Å². The molecule has 0 aliphatic rings. The molecule has 0 fully saturated rings. The van der Waals surface area contributed by atoms with Crippen LogP contribution in [-0.2, 0) is 0 Å². The van der Waals surface area contributed by atoms with Crippen molar-refractivity contribution in [2.45, 2.75) is 27.7 Å². The van der Waals surface area contributed by atoms with E-state index in [1.54, 1.807) is 6.20 Å². The van der Waals surface area contributed by atoms with Gasteiger partial charge in [-0.1, -0.05) is 5.10 Å². The molecule has 0 saturated carbocycles. The van der Waals surface area contributed by atoms with Crippen molar-refractivity contribution in [1.82, 2.24) is 10.2 Å². The number of pyridine rings is 1. The highest BCUT2D eigenvalue weighted by atomic mass is 35.7. The third kappa shape index (κ3) is 4.55. The van der Waals surface area contributed by atoms with Crippen LogP contribution >= 0.6 is 0 Å². The number of hydrogen-bond donors (Lipinski definition) is 1. The fourth-order valence-electron chi connectivity index (χ4n) is 1.95. The summed E-state index contributed by atoms with van der Waals surface area (Å²) in [5, 5.41) is 6.98. The summed E-state index contributed by atoms with van der Waals surface area (Å²) in [7, 11) is -4.94. The Balaban J connectivity index is 0.000000347. The van der Waals surface area contributed by atoms with Gasteiger partial charge in [-0.15, -0.1) is 15.3 Å². The molecule has 0 unspecified atom stereocenters. The predicted molar refractivity (Wildman–Crippen MR) is 59.1 cm³/mol. The second kappa shape index (κ2) is 6.29. The SMILES string of the molecule is Cc1cc(C)[n+](-c2ccn[nH]2)c(C)c1C.[O-][Cl+3]([O-])([O-])[O-]. The van der Waals surface area contributed by atoms with Gasteiger partial charge in [0.05, 0.1) is 12.3 Å². The molecular weight excluding hydrogens is 286 g/mol. The lowest BCUT2D eigenvalue weighted by Crippen LogP contribution is -2.68. The molecule has 20 heavy (non-hydrogen) atoms. The average molecular weight is 302 g/mol. The zero-order valence-corrected chi connectivity index (χ0v) is 12.4. The lowest BCUT2D eigenvalue weighted by molar-refractivity contribution is -2.00. The van der Waals surface area contributed by atoms with E-state index in [4.69, 9.17) is 18.6 Å². The summed E-state index contributed by atoms with van der Waals surface area (Å²) < 4.78 is 36.2. The van der Waals surface area contributed by atoms with Crippen molar-refractivity contribution >= 4 is 0 Å². The lowest BCUT2D eigenvalue weighted by Gasteiger charge is -2.17. The molecular formula is C12H16ClN3O4. The quantitative estimate of drug-likeness (QED) is 0.568. The molecule has 0 atom stereocenters. The average Bonchev–Trinajstić information content (AvgIpc) is 2.77. The second-order valence-corrected chi connectivity index (χ2v) is 5.09. The minimum atomic E-state index is -4.94. The molecule has 0 spiro atoms. The van der Waals surface area contributed by atoms with Gasteiger partial charge in [0.1, 0.15) is 11.4 Å². The summed E-state index contributed by atoms with van der Waals surface area (Å²) >= 11 is 0. The molecule has 7 nitrogen and oxygen atoms in total. The molecule has 0 radical (unpaired) electrons. The third-order valence-electron chi connectivity index (χ3n) is 2.97. The Kier molecular flexibility index (Phi) is 5.21. The minimum Gasteiger partial charge on any atom is -0.222 e. The zero-order valence-electron chi connectivity index (χ0n) is 11.6. The van der Waals surface area contributed by atoms with E-state index >= 15 is 0 Å². The smallest absolute Gasteiger partial charge is 0.222 e. The van der Waals surface area contributed by atoms with Crippen molar-refractivity contribution in [3.63, 3.8) is 0 Å². The molecule has 0 aliphatic heterocycles. The van der Waals surface area contributed by atoms with E-state index in [2.05, 4.69) is 48.5 Å². The first-order valence-corrected chi connectivity index (χ1v) is 6.95. The molecule has 8 heteroatoms. The number of H-pyrrole nitrogens is 1. The van der Waals surface area contributed by atoms with Gasteiger partial charge in [-0.05, 0) is 44.9 Å². The molecule has 2 aromatic rings. The van der Waals surface area contributed by atoms with Crippen LogP contribution in [0.5, 0.6) is 0 Å². The van der Waals surface area contributed by atoms with E-state index in [-0.39, 0.29) is 0 Å². The van der Waals surface area contributed by atoms with Crippen LogP contribution in [-0.4, -0.2) is 10.2 Å². The van der Waals surface area contributed by atoms with Crippen LogP contribution < -0.4 is 23.2 Å².